The van der Waals surface area contributed by atoms with Gasteiger partial charge in [-0.05, 0) is 31.4 Å². The molecule has 1 aromatic rings. The minimum absolute atomic E-state index is 0.188. The van der Waals surface area contributed by atoms with Crippen molar-refractivity contribution in [2.24, 2.45) is 10.9 Å². The third-order valence-corrected chi connectivity index (χ3v) is 4.32. The summed E-state index contributed by atoms with van der Waals surface area (Å²) >= 11 is 2.02. The summed E-state index contributed by atoms with van der Waals surface area (Å²) in [6.45, 7) is 21.9. The maximum absolute atomic E-state index is 12.1. The lowest BCUT2D eigenvalue weighted by atomic mass is 10.2. The first-order valence-corrected chi connectivity index (χ1v) is 9.63. The fourth-order valence-electron chi connectivity index (χ4n) is 1.72. The number of aliphatic imine (C=N–C) groups is 1. The van der Waals surface area contributed by atoms with E-state index in [4.69, 9.17) is 0 Å². The predicted molar refractivity (Wildman–Crippen MR) is 122 cm³/mol. The van der Waals surface area contributed by atoms with E-state index in [0.29, 0.717) is 17.9 Å². The van der Waals surface area contributed by atoms with Gasteiger partial charge in [-0.2, -0.15) is 0 Å². The van der Waals surface area contributed by atoms with Crippen molar-refractivity contribution in [2.75, 3.05) is 0 Å². The Bertz CT molecular complexity index is 735. The van der Waals surface area contributed by atoms with Gasteiger partial charge in [-0.15, -0.1) is 0 Å². The summed E-state index contributed by atoms with van der Waals surface area (Å²) in [6.07, 6.45) is 6.32. The molecule has 0 aliphatic heterocycles. The molecule has 0 unspecified atom stereocenters. The number of allylic oxidation sites excluding steroid dienone is 4. The van der Waals surface area contributed by atoms with Gasteiger partial charge < -0.3 is 8.51 Å². The maximum Gasteiger partial charge on any atom is 0.326 e. The number of halogens is 1. The SMILES string of the molecule is C=C/C(Cn1c(C)c(C=NC(=C)C)[nH]c1=O)=C(\C=C)NI.CCC(C)C. The number of nitrogens with one attached hydrogen (secondary N) is 2. The molecule has 26 heavy (non-hydrogen) atoms. The number of hydrogen-bond acceptors (Lipinski definition) is 3. The van der Waals surface area contributed by atoms with E-state index in [1.165, 1.54) is 6.42 Å². The van der Waals surface area contributed by atoms with Crippen LogP contribution in [0.2, 0.25) is 0 Å². The Balaban J connectivity index is 0.00000110. The lowest BCUT2D eigenvalue weighted by Gasteiger charge is -2.09. The highest BCUT2D eigenvalue weighted by Gasteiger charge is 2.10. The zero-order valence-corrected chi connectivity index (χ0v) is 18.7. The summed E-state index contributed by atoms with van der Waals surface area (Å²) in [5, 5.41) is 0. The van der Waals surface area contributed by atoms with Crippen molar-refractivity contribution in [1.82, 2.24) is 13.1 Å². The Kier molecular flexibility index (Phi) is 11.6. The van der Waals surface area contributed by atoms with Gasteiger partial charge >= 0.3 is 5.69 Å². The van der Waals surface area contributed by atoms with Crippen molar-refractivity contribution in [3.8, 4) is 0 Å². The molecular formula is C20H31IN4O. The molecule has 0 amide bonds. The van der Waals surface area contributed by atoms with Crippen molar-refractivity contribution in [1.29, 1.82) is 0 Å². The molecule has 144 valence electrons. The van der Waals surface area contributed by atoms with Gasteiger partial charge in [-0.1, -0.05) is 53.0 Å². The highest BCUT2D eigenvalue weighted by molar-refractivity contribution is 14.1. The van der Waals surface area contributed by atoms with Crippen molar-refractivity contribution in [3.05, 3.63) is 70.7 Å². The smallest absolute Gasteiger partial charge is 0.326 e. The van der Waals surface area contributed by atoms with Crippen LogP contribution in [0.1, 0.15) is 45.5 Å². The van der Waals surface area contributed by atoms with Gasteiger partial charge in [0.2, 0.25) is 0 Å². The second-order valence-electron chi connectivity index (χ2n) is 6.25. The number of aromatic nitrogens is 2. The van der Waals surface area contributed by atoms with Crippen molar-refractivity contribution in [3.63, 3.8) is 0 Å². The first-order valence-electron chi connectivity index (χ1n) is 8.55. The average Bonchev–Trinajstić information content (AvgIpc) is 2.87. The van der Waals surface area contributed by atoms with Crippen molar-refractivity contribution in [2.45, 2.75) is 47.6 Å². The summed E-state index contributed by atoms with van der Waals surface area (Å²) in [5.41, 5.74) is 3.68. The molecule has 0 atom stereocenters. The van der Waals surface area contributed by atoms with Gasteiger partial charge in [-0.3, -0.25) is 9.56 Å². The van der Waals surface area contributed by atoms with Crippen LogP contribution in [0.4, 0.5) is 0 Å². The molecule has 0 aliphatic carbocycles. The molecule has 1 rings (SSSR count). The number of nitrogens with zero attached hydrogens (tertiary/aromatic N) is 2. The molecule has 1 aromatic heterocycles. The normalized spacial score (nSPS) is 11.7. The summed E-state index contributed by atoms with van der Waals surface area (Å²) < 4.78 is 4.64. The topological polar surface area (TPSA) is 62.2 Å². The van der Waals surface area contributed by atoms with Crippen molar-refractivity contribution >= 4 is 29.1 Å². The predicted octanol–water partition coefficient (Wildman–Crippen LogP) is 5.06. The number of H-pyrrole nitrogens is 1. The fraction of sp³-hybridized carbons (Fsp3) is 0.400. The molecule has 2 N–H and O–H groups in total. The molecule has 0 aromatic carbocycles. The van der Waals surface area contributed by atoms with Gasteiger partial charge in [0.05, 0.1) is 41.3 Å². The van der Waals surface area contributed by atoms with E-state index in [1.54, 1.807) is 29.9 Å². The second kappa shape index (κ2) is 12.5. The fourth-order valence-corrected chi connectivity index (χ4v) is 2.29. The lowest BCUT2D eigenvalue weighted by molar-refractivity contribution is 0.626. The van der Waals surface area contributed by atoms with Gasteiger partial charge in [0, 0.05) is 17.1 Å². The molecule has 6 heteroatoms. The van der Waals surface area contributed by atoms with Gasteiger partial charge in [0.15, 0.2) is 0 Å². The zero-order chi connectivity index (χ0) is 20.3. The van der Waals surface area contributed by atoms with E-state index in [1.807, 2.05) is 29.8 Å². The molecule has 0 bridgehead atoms. The quantitative estimate of drug-likeness (QED) is 0.242. The molecule has 0 fully saturated rings. The van der Waals surface area contributed by atoms with E-state index in [2.05, 4.69) is 54.0 Å². The largest absolute Gasteiger partial charge is 0.328 e. The summed E-state index contributed by atoms with van der Waals surface area (Å²) in [7, 11) is 0. The third-order valence-electron chi connectivity index (χ3n) is 3.74. The van der Waals surface area contributed by atoms with Gasteiger partial charge in [-0.25, -0.2) is 4.79 Å². The molecule has 1 heterocycles. The van der Waals surface area contributed by atoms with Gasteiger partial charge in [0.1, 0.15) is 0 Å². The Morgan fingerprint density at radius 3 is 2.35 bits per heavy atom. The maximum atomic E-state index is 12.1. The van der Waals surface area contributed by atoms with Crippen LogP contribution >= 0.6 is 22.9 Å². The van der Waals surface area contributed by atoms with Crippen molar-refractivity contribution < 1.29 is 0 Å². The summed E-state index contributed by atoms with van der Waals surface area (Å²) in [4.78, 5) is 19.0. The minimum Gasteiger partial charge on any atom is -0.328 e. The first-order chi connectivity index (χ1) is 12.2. The monoisotopic (exact) mass is 470 g/mol. The summed E-state index contributed by atoms with van der Waals surface area (Å²) in [5.74, 6) is 0.884. The molecule has 0 spiro atoms. The standard InChI is InChI=1S/C15H19IN4O.C5H12/c1-6-12(13(7-2)19-16)9-20-11(5)14(18-15(20)21)8-17-10(3)4;1-4-5(2)3/h6-8,19H,1-3,9H2,4-5H3,(H,18,21);5H,4H2,1-3H3/b13-12-,17-8?;. The highest BCUT2D eigenvalue weighted by Crippen LogP contribution is 2.11. The second-order valence-corrected chi connectivity index (χ2v) is 6.79. The number of hydrogen-bond donors (Lipinski definition) is 2. The Morgan fingerprint density at radius 2 is 1.96 bits per heavy atom. The van der Waals surface area contributed by atoms with Crippen LogP contribution in [0.25, 0.3) is 0 Å². The average molecular weight is 470 g/mol. The van der Waals surface area contributed by atoms with E-state index >= 15 is 0 Å². The molecule has 0 aliphatic rings. The van der Waals surface area contributed by atoms with Gasteiger partial charge in [0.25, 0.3) is 0 Å². The minimum atomic E-state index is -0.188. The van der Waals surface area contributed by atoms with Crippen LogP contribution in [0.3, 0.4) is 0 Å². The van der Waals surface area contributed by atoms with Crippen LogP contribution < -0.4 is 9.22 Å². The first kappa shape index (κ1) is 24.2. The number of aromatic amines is 1. The molecule has 0 saturated carbocycles. The van der Waals surface area contributed by atoms with E-state index < -0.39 is 0 Å². The van der Waals surface area contributed by atoms with Crippen LogP contribution in [0.5, 0.6) is 0 Å². The molecule has 0 radical (unpaired) electrons. The summed E-state index contributed by atoms with van der Waals surface area (Å²) in [6, 6.07) is 0. The van der Waals surface area contributed by atoms with Crippen LogP contribution in [-0.2, 0) is 6.54 Å². The lowest BCUT2D eigenvalue weighted by Crippen LogP contribution is -2.20. The molecular weight excluding hydrogens is 439 g/mol. The van der Waals surface area contributed by atoms with E-state index in [-0.39, 0.29) is 5.69 Å². The Labute approximate surface area is 171 Å². The van der Waals surface area contributed by atoms with Crippen LogP contribution in [-0.4, -0.2) is 15.8 Å². The van der Waals surface area contributed by atoms with Crippen LogP contribution in [0.15, 0.2) is 58.6 Å². The highest BCUT2D eigenvalue weighted by atomic mass is 127. The third kappa shape index (κ3) is 8.03. The molecule has 0 saturated heterocycles. The number of rotatable bonds is 8. The Hall–Kier alpha value is -1.83. The van der Waals surface area contributed by atoms with Crippen LogP contribution in [0, 0.1) is 12.8 Å². The van der Waals surface area contributed by atoms with E-state index in [0.717, 1.165) is 22.9 Å². The zero-order valence-electron chi connectivity index (χ0n) is 16.5. The number of imidazole rings is 1. The molecule has 5 nitrogen and oxygen atoms in total. The van der Waals surface area contributed by atoms with E-state index in [9.17, 15) is 4.79 Å². The Morgan fingerprint density at radius 1 is 1.38 bits per heavy atom.